The third-order valence-corrected chi connectivity index (χ3v) is 2.32. The van der Waals surface area contributed by atoms with Crippen LogP contribution in [0.15, 0.2) is 30.6 Å². The zero-order valence-electron chi connectivity index (χ0n) is 8.77. The van der Waals surface area contributed by atoms with Crippen LogP contribution in [0.25, 0.3) is 5.69 Å². The molecule has 4 nitrogen and oxygen atoms in total. The zero-order chi connectivity index (χ0) is 10.8. The molecule has 1 aromatic carbocycles. The number of nitrogens with two attached hydrogens (primary N) is 1. The molecule has 0 saturated carbocycles. The minimum Gasteiger partial charge on any atom is -0.495 e. The van der Waals surface area contributed by atoms with E-state index in [2.05, 4.69) is 4.98 Å². The summed E-state index contributed by atoms with van der Waals surface area (Å²) in [6, 6.07) is 5.66. The van der Waals surface area contributed by atoms with E-state index in [0.29, 0.717) is 11.4 Å². The number of hydrogen-bond acceptors (Lipinski definition) is 3. The largest absolute Gasteiger partial charge is 0.495 e. The fourth-order valence-corrected chi connectivity index (χ4v) is 1.50. The molecular formula is C11H13N3O. The Balaban J connectivity index is 2.51. The van der Waals surface area contributed by atoms with Gasteiger partial charge in [0.15, 0.2) is 0 Å². The first kappa shape index (κ1) is 9.58. The second kappa shape index (κ2) is 3.65. The average Bonchev–Trinajstić information content (AvgIpc) is 2.65. The molecule has 1 aromatic heterocycles. The highest BCUT2D eigenvalue weighted by molar-refractivity contribution is 5.57. The van der Waals surface area contributed by atoms with Crippen LogP contribution in [0.4, 0.5) is 5.69 Å². The van der Waals surface area contributed by atoms with E-state index >= 15 is 0 Å². The van der Waals surface area contributed by atoms with Crippen LogP contribution in [0, 0.1) is 6.92 Å². The lowest BCUT2D eigenvalue weighted by molar-refractivity contribution is 0.417. The second-order valence-electron chi connectivity index (χ2n) is 3.27. The lowest BCUT2D eigenvalue weighted by Crippen LogP contribution is -1.98. The summed E-state index contributed by atoms with van der Waals surface area (Å²) in [6.45, 7) is 1.95. The van der Waals surface area contributed by atoms with Crippen LogP contribution in [-0.2, 0) is 0 Å². The monoisotopic (exact) mass is 203 g/mol. The number of imidazole rings is 1. The molecule has 2 N–H and O–H groups in total. The van der Waals surface area contributed by atoms with Gasteiger partial charge in [0.25, 0.3) is 0 Å². The summed E-state index contributed by atoms with van der Waals surface area (Å²) in [5, 5.41) is 0. The van der Waals surface area contributed by atoms with Crippen LogP contribution >= 0.6 is 0 Å². The van der Waals surface area contributed by atoms with Gasteiger partial charge in [0, 0.05) is 18.5 Å². The van der Waals surface area contributed by atoms with Gasteiger partial charge < -0.3 is 15.0 Å². The summed E-state index contributed by atoms with van der Waals surface area (Å²) < 4.78 is 7.14. The van der Waals surface area contributed by atoms with Gasteiger partial charge in [-0.25, -0.2) is 4.98 Å². The summed E-state index contributed by atoms with van der Waals surface area (Å²) in [5.41, 5.74) is 7.38. The Hall–Kier alpha value is -1.97. The van der Waals surface area contributed by atoms with E-state index in [1.165, 1.54) is 0 Å². The third kappa shape index (κ3) is 1.66. The standard InChI is InChI=1S/C11H13N3O/c1-8-13-5-6-14(8)9-3-4-10(12)11(7-9)15-2/h3-7H,12H2,1-2H3. The van der Waals surface area contributed by atoms with Gasteiger partial charge in [-0.05, 0) is 19.1 Å². The maximum atomic E-state index is 5.74. The maximum absolute atomic E-state index is 5.74. The highest BCUT2D eigenvalue weighted by Gasteiger charge is 2.04. The summed E-state index contributed by atoms with van der Waals surface area (Å²) in [7, 11) is 1.61. The number of hydrogen-bond donors (Lipinski definition) is 1. The SMILES string of the molecule is COc1cc(-n2ccnc2C)ccc1N. The Bertz CT molecular complexity index is 476. The minimum absolute atomic E-state index is 0.638. The molecule has 15 heavy (non-hydrogen) atoms. The summed E-state index contributed by atoms with van der Waals surface area (Å²) >= 11 is 0. The van der Waals surface area contributed by atoms with Crippen LogP contribution in [0.2, 0.25) is 0 Å². The molecule has 0 radical (unpaired) electrons. The Morgan fingerprint density at radius 1 is 1.40 bits per heavy atom. The second-order valence-corrected chi connectivity index (χ2v) is 3.27. The van der Waals surface area contributed by atoms with Crippen molar-refractivity contribution in [1.29, 1.82) is 0 Å². The first-order valence-electron chi connectivity index (χ1n) is 4.66. The molecule has 0 fully saturated rings. The van der Waals surface area contributed by atoms with Gasteiger partial charge in [0.2, 0.25) is 0 Å². The molecule has 0 bridgehead atoms. The van der Waals surface area contributed by atoms with Gasteiger partial charge in [0.1, 0.15) is 11.6 Å². The molecule has 2 aromatic rings. The topological polar surface area (TPSA) is 53.1 Å². The Morgan fingerprint density at radius 3 is 2.80 bits per heavy atom. The number of anilines is 1. The molecule has 0 saturated heterocycles. The van der Waals surface area contributed by atoms with Crippen molar-refractivity contribution in [2.24, 2.45) is 0 Å². The van der Waals surface area contributed by atoms with Gasteiger partial charge >= 0.3 is 0 Å². The molecule has 0 aliphatic heterocycles. The van der Waals surface area contributed by atoms with Gasteiger partial charge in [-0.2, -0.15) is 0 Å². The normalized spacial score (nSPS) is 10.3. The van der Waals surface area contributed by atoms with Crippen molar-refractivity contribution in [3.63, 3.8) is 0 Å². The van der Waals surface area contributed by atoms with Crippen molar-refractivity contribution in [1.82, 2.24) is 9.55 Å². The molecule has 0 unspecified atom stereocenters. The first-order valence-corrected chi connectivity index (χ1v) is 4.66. The number of rotatable bonds is 2. The van der Waals surface area contributed by atoms with Crippen molar-refractivity contribution in [3.8, 4) is 11.4 Å². The lowest BCUT2D eigenvalue weighted by atomic mass is 10.2. The quantitative estimate of drug-likeness (QED) is 0.757. The van der Waals surface area contributed by atoms with Crippen molar-refractivity contribution in [3.05, 3.63) is 36.4 Å². The van der Waals surface area contributed by atoms with Crippen molar-refractivity contribution in [2.45, 2.75) is 6.92 Å². The summed E-state index contributed by atoms with van der Waals surface area (Å²) in [5.74, 6) is 1.61. The van der Waals surface area contributed by atoms with Gasteiger partial charge in [0.05, 0.1) is 18.5 Å². The van der Waals surface area contributed by atoms with Gasteiger partial charge in [-0.3, -0.25) is 0 Å². The smallest absolute Gasteiger partial charge is 0.143 e. The van der Waals surface area contributed by atoms with E-state index in [0.717, 1.165) is 11.5 Å². The van der Waals surface area contributed by atoms with E-state index in [9.17, 15) is 0 Å². The molecular weight excluding hydrogens is 190 g/mol. The Morgan fingerprint density at radius 2 is 2.20 bits per heavy atom. The Labute approximate surface area is 88.3 Å². The number of nitrogens with zero attached hydrogens (tertiary/aromatic N) is 2. The summed E-state index contributed by atoms with van der Waals surface area (Å²) in [4.78, 5) is 4.16. The minimum atomic E-state index is 0.638. The van der Waals surface area contributed by atoms with Crippen LogP contribution in [0.3, 0.4) is 0 Å². The van der Waals surface area contributed by atoms with E-state index in [1.54, 1.807) is 13.3 Å². The molecule has 2 rings (SSSR count). The molecule has 0 aliphatic carbocycles. The maximum Gasteiger partial charge on any atom is 0.143 e. The van der Waals surface area contributed by atoms with Gasteiger partial charge in [-0.15, -0.1) is 0 Å². The third-order valence-electron chi connectivity index (χ3n) is 2.32. The molecule has 0 amide bonds. The molecule has 4 heteroatoms. The van der Waals surface area contributed by atoms with Crippen molar-refractivity contribution >= 4 is 5.69 Å². The number of benzene rings is 1. The highest BCUT2D eigenvalue weighted by Crippen LogP contribution is 2.24. The van der Waals surface area contributed by atoms with Crippen LogP contribution in [-0.4, -0.2) is 16.7 Å². The van der Waals surface area contributed by atoms with Crippen molar-refractivity contribution in [2.75, 3.05) is 12.8 Å². The number of aryl methyl sites for hydroxylation is 1. The predicted octanol–water partition coefficient (Wildman–Crippen LogP) is 1.77. The van der Waals surface area contributed by atoms with Crippen LogP contribution in [0.1, 0.15) is 5.82 Å². The number of nitrogen functional groups attached to an aromatic ring is 1. The highest BCUT2D eigenvalue weighted by atomic mass is 16.5. The van der Waals surface area contributed by atoms with Crippen LogP contribution < -0.4 is 10.5 Å². The lowest BCUT2D eigenvalue weighted by Gasteiger charge is -2.09. The predicted molar refractivity (Wildman–Crippen MR) is 59.3 cm³/mol. The fourth-order valence-electron chi connectivity index (χ4n) is 1.50. The molecule has 0 atom stereocenters. The molecule has 0 aliphatic rings. The van der Waals surface area contributed by atoms with E-state index in [1.807, 2.05) is 35.9 Å². The van der Waals surface area contributed by atoms with E-state index in [4.69, 9.17) is 10.5 Å². The Kier molecular flexibility index (Phi) is 2.33. The van der Waals surface area contributed by atoms with Gasteiger partial charge in [-0.1, -0.05) is 0 Å². The molecule has 78 valence electrons. The first-order chi connectivity index (χ1) is 7.22. The molecule has 0 spiro atoms. The van der Waals surface area contributed by atoms with E-state index in [-0.39, 0.29) is 0 Å². The fraction of sp³-hybridized carbons (Fsp3) is 0.182. The van der Waals surface area contributed by atoms with Crippen LogP contribution in [0.5, 0.6) is 5.75 Å². The number of ether oxygens (including phenoxy) is 1. The number of methoxy groups -OCH3 is 1. The molecule has 1 heterocycles. The van der Waals surface area contributed by atoms with E-state index < -0.39 is 0 Å². The number of aromatic nitrogens is 2. The summed E-state index contributed by atoms with van der Waals surface area (Å²) in [6.07, 6.45) is 3.67. The zero-order valence-corrected chi connectivity index (χ0v) is 8.77. The van der Waals surface area contributed by atoms with Crippen molar-refractivity contribution < 1.29 is 4.74 Å². The average molecular weight is 203 g/mol.